The molecule has 0 fully saturated rings. The van der Waals surface area contributed by atoms with Gasteiger partial charge in [-0.1, -0.05) is 6.08 Å². The van der Waals surface area contributed by atoms with E-state index in [9.17, 15) is 0 Å². The Labute approximate surface area is 72.3 Å². The normalized spacial score (nSPS) is 9.42. The average molecular weight is 163 g/mol. The molecule has 0 aliphatic carbocycles. The van der Waals surface area contributed by atoms with Crippen molar-refractivity contribution in [3.05, 3.63) is 30.5 Å². The molecular formula is C9H13N3. The standard InChI is InChI=1S/C9H13N3/c1-3-6-11-9-8(10)5-4-7(2)12-9/h3-5H,1,6,10H2,2H3,(H,11,12). The fraction of sp³-hybridized carbons (Fsp3) is 0.222. The molecule has 0 aromatic carbocycles. The van der Waals surface area contributed by atoms with Crippen LogP contribution in [0.15, 0.2) is 24.8 Å². The van der Waals surface area contributed by atoms with Crippen molar-refractivity contribution >= 4 is 11.5 Å². The van der Waals surface area contributed by atoms with Crippen molar-refractivity contribution in [3.8, 4) is 0 Å². The van der Waals surface area contributed by atoms with Crippen molar-refractivity contribution in [2.45, 2.75) is 6.92 Å². The number of hydrogen-bond donors (Lipinski definition) is 2. The first-order valence-electron chi connectivity index (χ1n) is 3.82. The lowest BCUT2D eigenvalue weighted by Crippen LogP contribution is -2.04. The zero-order valence-electron chi connectivity index (χ0n) is 7.17. The molecule has 0 aliphatic rings. The molecule has 0 spiro atoms. The largest absolute Gasteiger partial charge is 0.396 e. The molecule has 0 amide bonds. The highest BCUT2D eigenvalue weighted by Gasteiger charge is 1.97. The van der Waals surface area contributed by atoms with E-state index in [1.54, 1.807) is 6.08 Å². The third kappa shape index (κ3) is 1.99. The van der Waals surface area contributed by atoms with Crippen LogP contribution in [0, 0.1) is 6.92 Å². The summed E-state index contributed by atoms with van der Waals surface area (Å²) in [6, 6.07) is 3.72. The molecule has 0 saturated heterocycles. The number of aryl methyl sites for hydroxylation is 1. The van der Waals surface area contributed by atoms with E-state index in [1.807, 2.05) is 19.1 Å². The summed E-state index contributed by atoms with van der Waals surface area (Å²) in [4.78, 5) is 4.23. The minimum absolute atomic E-state index is 0.669. The first kappa shape index (κ1) is 8.59. The second-order valence-corrected chi connectivity index (χ2v) is 2.56. The quantitative estimate of drug-likeness (QED) is 0.665. The Bertz CT molecular complexity index is 281. The highest BCUT2D eigenvalue weighted by Crippen LogP contribution is 2.14. The van der Waals surface area contributed by atoms with Crippen molar-refractivity contribution < 1.29 is 0 Å². The van der Waals surface area contributed by atoms with E-state index in [-0.39, 0.29) is 0 Å². The highest BCUT2D eigenvalue weighted by molar-refractivity contribution is 5.61. The number of aromatic nitrogens is 1. The van der Waals surface area contributed by atoms with Crippen LogP contribution in [-0.4, -0.2) is 11.5 Å². The summed E-state index contributed by atoms with van der Waals surface area (Å²) in [5.41, 5.74) is 7.29. The molecule has 0 atom stereocenters. The molecule has 3 N–H and O–H groups in total. The zero-order chi connectivity index (χ0) is 8.97. The predicted molar refractivity (Wildman–Crippen MR) is 52.1 cm³/mol. The third-order valence-corrected chi connectivity index (χ3v) is 1.48. The van der Waals surface area contributed by atoms with Gasteiger partial charge in [-0.25, -0.2) is 4.98 Å². The Morgan fingerprint density at radius 1 is 1.67 bits per heavy atom. The van der Waals surface area contributed by atoms with Crippen LogP contribution < -0.4 is 11.1 Å². The zero-order valence-corrected chi connectivity index (χ0v) is 7.17. The molecular weight excluding hydrogens is 150 g/mol. The molecule has 0 saturated carbocycles. The van der Waals surface area contributed by atoms with Crippen LogP contribution in [0.25, 0.3) is 0 Å². The van der Waals surface area contributed by atoms with Crippen LogP contribution in [0.2, 0.25) is 0 Å². The topological polar surface area (TPSA) is 50.9 Å². The minimum Gasteiger partial charge on any atom is -0.396 e. The van der Waals surface area contributed by atoms with Crippen LogP contribution in [0.3, 0.4) is 0 Å². The summed E-state index contributed by atoms with van der Waals surface area (Å²) in [6.45, 7) is 6.21. The lowest BCUT2D eigenvalue weighted by atomic mass is 10.3. The highest BCUT2D eigenvalue weighted by atomic mass is 15.0. The maximum absolute atomic E-state index is 5.67. The molecule has 1 heterocycles. The van der Waals surface area contributed by atoms with Crippen LogP contribution in [0.4, 0.5) is 11.5 Å². The van der Waals surface area contributed by atoms with E-state index in [0.29, 0.717) is 12.2 Å². The van der Waals surface area contributed by atoms with Crippen molar-refractivity contribution in [3.63, 3.8) is 0 Å². The van der Waals surface area contributed by atoms with Crippen molar-refractivity contribution in [2.75, 3.05) is 17.6 Å². The van der Waals surface area contributed by atoms with Crippen molar-refractivity contribution in [1.29, 1.82) is 0 Å². The Kier molecular flexibility index (Phi) is 2.69. The van der Waals surface area contributed by atoms with E-state index < -0.39 is 0 Å². The molecule has 0 aliphatic heterocycles. The first-order chi connectivity index (χ1) is 5.74. The number of nitrogens with zero attached hydrogens (tertiary/aromatic N) is 1. The van der Waals surface area contributed by atoms with Gasteiger partial charge in [-0.2, -0.15) is 0 Å². The van der Waals surface area contributed by atoms with Gasteiger partial charge in [0.2, 0.25) is 0 Å². The van der Waals surface area contributed by atoms with E-state index in [2.05, 4.69) is 16.9 Å². The molecule has 1 rings (SSSR count). The number of anilines is 2. The molecule has 1 aromatic heterocycles. The maximum atomic E-state index is 5.67. The molecule has 3 heteroatoms. The van der Waals surface area contributed by atoms with Gasteiger partial charge in [-0.3, -0.25) is 0 Å². The van der Waals surface area contributed by atoms with Gasteiger partial charge in [0.25, 0.3) is 0 Å². The van der Waals surface area contributed by atoms with Crippen LogP contribution in [-0.2, 0) is 0 Å². The van der Waals surface area contributed by atoms with E-state index in [4.69, 9.17) is 5.73 Å². The fourth-order valence-corrected chi connectivity index (χ4v) is 0.878. The number of hydrogen-bond acceptors (Lipinski definition) is 3. The van der Waals surface area contributed by atoms with E-state index in [1.165, 1.54) is 0 Å². The second kappa shape index (κ2) is 3.76. The number of nitrogen functional groups attached to an aromatic ring is 1. The summed E-state index contributed by atoms with van der Waals surface area (Å²) in [5.74, 6) is 0.731. The summed E-state index contributed by atoms with van der Waals surface area (Å²) in [7, 11) is 0. The van der Waals surface area contributed by atoms with Gasteiger partial charge in [0.05, 0.1) is 5.69 Å². The maximum Gasteiger partial charge on any atom is 0.149 e. The van der Waals surface area contributed by atoms with Gasteiger partial charge in [-0.15, -0.1) is 6.58 Å². The number of rotatable bonds is 3. The molecule has 0 radical (unpaired) electrons. The lowest BCUT2D eigenvalue weighted by Gasteiger charge is -2.06. The van der Waals surface area contributed by atoms with Crippen LogP contribution in [0.5, 0.6) is 0 Å². The summed E-state index contributed by atoms with van der Waals surface area (Å²) >= 11 is 0. The van der Waals surface area contributed by atoms with Gasteiger partial charge in [-0.05, 0) is 19.1 Å². The smallest absolute Gasteiger partial charge is 0.149 e. The molecule has 1 aromatic rings. The molecule has 64 valence electrons. The average Bonchev–Trinajstić information content (AvgIpc) is 2.07. The Hall–Kier alpha value is -1.51. The number of nitrogens with two attached hydrogens (primary N) is 1. The first-order valence-corrected chi connectivity index (χ1v) is 3.82. The summed E-state index contributed by atoms with van der Waals surface area (Å²) in [5, 5.41) is 3.05. The molecule has 0 bridgehead atoms. The van der Waals surface area contributed by atoms with Crippen LogP contribution >= 0.6 is 0 Å². The predicted octanol–water partition coefficient (Wildman–Crippen LogP) is 1.57. The monoisotopic (exact) mass is 163 g/mol. The summed E-state index contributed by atoms with van der Waals surface area (Å²) in [6.07, 6.45) is 1.77. The van der Waals surface area contributed by atoms with Crippen molar-refractivity contribution in [1.82, 2.24) is 4.98 Å². The van der Waals surface area contributed by atoms with Crippen LogP contribution in [0.1, 0.15) is 5.69 Å². The van der Waals surface area contributed by atoms with Gasteiger partial charge < -0.3 is 11.1 Å². The number of nitrogens with one attached hydrogen (secondary N) is 1. The van der Waals surface area contributed by atoms with Gasteiger partial charge >= 0.3 is 0 Å². The second-order valence-electron chi connectivity index (χ2n) is 2.56. The lowest BCUT2D eigenvalue weighted by molar-refractivity contribution is 1.17. The minimum atomic E-state index is 0.669. The van der Waals surface area contributed by atoms with E-state index >= 15 is 0 Å². The molecule has 0 unspecified atom stereocenters. The third-order valence-electron chi connectivity index (χ3n) is 1.48. The Morgan fingerprint density at radius 2 is 2.42 bits per heavy atom. The summed E-state index contributed by atoms with van der Waals surface area (Å²) < 4.78 is 0. The SMILES string of the molecule is C=CCNc1nc(C)ccc1N. The number of pyridine rings is 1. The Balaban J connectivity index is 2.82. The van der Waals surface area contributed by atoms with Gasteiger partial charge in [0, 0.05) is 12.2 Å². The van der Waals surface area contributed by atoms with Crippen molar-refractivity contribution in [2.24, 2.45) is 0 Å². The Morgan fingerprint density at radius 3 is 3.08 bits per heavy atom. The van der Waals surface area contributed by atoms with E-state index in [0.717, 1.165) is 11.5 Å². The molecule has 3 nitrogen and oxygen atoms in total. The fourth-order valence-electron chi connectivity index (χ4n) is 0.878. The van der Waals surface area contributed by atoms with Gasteiger partial charge in [0.1, 0.15) is 5.82 Å². The van der Waals surface area contributed by atoms with Gasteiger partial charge in [0.15, 0.2) is 0 Å². The molecule has 12 heavy (non-hydrogen) atoms.